The normalized spacial score (nSPS) is 25.5. The van der Waals surface area contributed by atoms with Crippen LogP contribution in [-0.2, 0) is 12.7 Å². The Kier molecular flexibility index (Phi) is 4.19. The molecule has 2 atom stereocenters. The number of piperidine rings is 1. The minimum atomic E-state index is -4.25. The second kappa shape index (κ2) is 5.53. The number of rotatable bonds is 2. The Morgan fingerprint density at radius 3 is 2.37 bits per heavy atom. The monoisotopic (exact) mass is 271 g/mol. The van der Waals surface area contributed by atoms with Crippen molar-refractivity contribution in [2.24, 2.45) is 11.8 Å². The standard InChI is InChI=1S/C15H20F3N/c1-11-6-12(2)9-19(8-11)10-13-4-3-5-14(7-13)15(16,17)18/h3-5,7,11-12H,6,8-10H2,1-2H3. The molecule has 0 amide bonds. The van der Waals surface area contributed by atoms with E-state index in [4.69, 9.17) is 0 Å². The van der Waals surface area contributed by atoms with Gasteiger partial charge in [0.1, 0.15) is 0 Å². The molecule has 0 aliphatic carbocycles. The fraction of sp³-hybridized carbons (Fsp3) is 0.600. The SMILES string of the molecule is CC1CC(C)CN(Cc2cccc(C(F)(F)F)c2)C1. The van der Waals surface area contributed by atoms with Crippen molar-refractivity contribution in [3.8, 4) is 0 Å². The summed E-state index contributed by atoms with van der Waals surface area (Å²) in [5.41, 5.74) is 0.194. The summed E-state index contributed by atoms with van der Waals surface area (Å²) in [5.74, 6) is 1.24. The lowest BCUT2D eigenvalue weighted by Gasteiger charge is -2.35. The van der Waals surface area contributed by atoms with Crippen molar-refractivity contribution < 1.29 is 13.2 Å². The van der Waals surface area contributed by atoms with E-state index in [1.54, 1.807) is 6.07 Å². The fourth-order valence-electron chi connectivity index (χ4n) is 3.03. The zero-order chi connectivity index (χ0) is 14.0. The van der Waals surface area contributed by atoms with Gasteiger partial charge in [-0.3, -0.25) is 4.90 Å². The number of alkyl halides is 3. The van der Waals surface area contributed by atoms with E-state index in [2.05, 4.69) is 18.7 Å². The van der Waals surface area contributed by atoms with Gasteiger partial charge in [-0.1, -0.05) is 32.0 Å². The Bertz CT molecular complexity index is 418. The number of likely N-dealkylation sites (tertiary alicyclic amines) is 1. The van der Waals surface area contributed by atoms with Gasteiger partial charge in [0.15, 0.2) is 0 Å². The van der Waals surface area contributed by atoms with Crippen LogP contribution in [0.1, 0.15) is 31.4 Å². The number of nitrogens with zero attached hydrogens (tertiary/aromatic N) is 1. The van der Waals surface area contributed by atoms with Crippen LogP contribution in [0.25, 0.3) is 0 Å². The molecule has 1 fully saturated rings. The summed E-state index contributed by atoms with van der Waals surface area (Å²) in [6, 6.07) is 5.67. The van der Waals surface area contributed by atoms with Crippen LogP contribution in [0.2, 0.25) is 0 Å². The first-order chi connectivity index (χ1) is 8.84. The minimum absolute atomic E-state index is 0.553. The molecular weight excluding hydrogens is 251 g/mol. The Morgan fingerprint density at radius 2 is 1.79 bits per heavy atom. The van der Waals surface area contributed by atoms with Crippen molar-refractivity contribution in [3.63, 3.8) is 0 Å². The van der Waals surface area contributed by atoms with Crippen LogP contribution < -0.4 is 0 Å². The number of benzene rings is 1. The third kappa shape index (κ3) is 3.96. The summed E-state index contributed by atoms with van der Waals surface area (Å²) >= 11 is 0. The number of hydrogen-bond donors (Lipinski definition) is 0. The predicted molar refractivity (Wildman–Crippen MR) is 69.7 cm³/mol. The molecule has 1 nitrogen and oxygen atoms in total. The summed E-state index contributed by atoms with van der Waals surface area (Å²) in [4.78, 5) is 2.26. The first kappa shape index (κ1) is 14.4. The van der Waals surface area contributed by atoms with Gasteiger partial charge in [-0.05, 0) is 29.9 Å². The van der Waals surface area contributed by atoms with Crippen LogP contribution in [0.15, 0.2) is 24.3 Å². The van der Waals surface area contributed by atoms with Gasteiger partial charge in [0, 0.05) is 19.6 Å². The first-order valence-corrected chi connectivity index (χ1v) is 6.73. The summed E-state index contributed by atoms with van der Waals surface area (Å²) in [5, 5.41) is 0. The molecule has 0 N–H and O–H groups in total. The molecule has 0 radical (unpaired) electrons. The van der Waals surface area contributed by atoms with Crippen molar-refractivity contribution in [1.82, 2.24) is 4.90 Å². The van der Waals surface area contributed by atoms with Gasteiger partial charge >= 0.3 is 6.18 Å². The van der Waals surface area contributed by atoms with Gasteiger partial charge < -0.3 is 0 Å². The van der Waals surface area contributed by atoms with Gasteiger partial charge in [0.05, 0.1) is 5.56 Å². The molecule has 0 spiro atoms. The lowest BCUT2D eigenvalue weighted by atomic mass is 9.91. The Hall–Kier alpha value is -1.03. The van der Waals surface area contributed by atoms with E-state index in [1.165, 1.54) is 18.6 Å². The molecule has 1 saturated heterocycles. The predicted octanol–water partition coefficient (Wildman–Crippen LogP) is 4.18. The summed E-state index contributed by atoms with van der Waals surface area (Å²) in [7, 11) is 0. The van der Waals surface area contributed by atoms with Crippen molar-refractivity contribution in [2.45, 2.75) is 33.0 Å². The van der Waals surface area contributed by atoms with E-state index in [0.717, 1.165) is 24.7 Å². The maximum Gasteiger partial charge on any atom is 0.416 e. The highest BCUT2D eigenvalue weighted by Gasteiger charge is 2.30. The van der Waals surface area contributed by atoms with E-state index in [0.29, 0.717) is 18.4 Å². The first-order valence-electron chi connectivity index (χ1n) is 6.73. The van der Waals surface area contributed by atoms with Crippen LogP contribution in [-0.4, -0.2) is 18.0 Å². The zero-order valence-electron chi connectivity index (χ0n) is 11.4. The average molecular weight is 271 g/mol. The largest absolute Gasteiger partial charge is 0.416 e. The molecule has 1 aliphatic rings. The molecule has 2 rings (SSSR count). The summed E-state index contributed by atoms with van der Waals surface area (Å²) < 4.78 is 38.0. The van der Waals surface area contributed by atoms with E-state index in [1.807, 2.05) is 0 Å². The van der Waals surface area contributed by atoms with Crippen molar-refractivity contribution in [2.75, 3.05) is 13.1 Å². The molecular formula is C15H20F3N. The molecule has 1 aromatic carbocycles. The molecule has 4 heteroatoms. The van der Waals surface area contributed by atoms with Crippen LogP contribution in [0.3, 0.4) is 0 Å². The van der Waals surface area contributed by atoms with Crippen molar-refractivity contribution >= 4 is 0 Å². The van der Waals surface area contributed by atoms with Gasteiger partial charge in [-0.2, -0.15) is 13.2 Å². The van der Waals surface area contributed by atoms with Gasteiger partial charge in [-0.25, -0.2) is 0 Å². The third-order valence-electron chi connectivity index (χ3n) is 3.60. The molecule has 106 valence electrons. The Labute approximate surface area is 112 Å². The topological polar surface area (TPSA) is 3.24 Å². The number of hydrogen-bond acceptors (Lipinski definition) is 1. The van der Waals surface area contributed by atoms with Gasteiger partial charge in [-0.15, -0.1) is 0 Å². The van der Waals surface area contributed by atoms with E-state index >= 15 is 0 Å². The fourth-order valence-corrected chi connectivity index (χ4v) is 3.03. The highest BCUT2D eigenvalue weighted by molar-refractivity contribution is 5.25. The second-order valence-corrected chi connectivity index (χ2v) is 5.84. The van der Waals surface area contributed by atoms with Gasteiger partial charge in [0.2, 0.25) is 0 Å². The molecule has 1 aromatic rings. The second-order valence-electron chi connectivity index (χ2n) is 5.84. The quantitative estimate of drug-likeness (QED) is 0.780. The maximum atomic E-state index is 12.7. The van der Waals surface area contributed by atoms with Gasteiger partial charge in [0.25, 0.3) is 0 Å². The van der Waals surface area contributed by atoms with Crippen LogP contribution in [0.4, 0.5) is 13.2 Å². The third-order valence-corrected chi connectivity index (χ3v) is 3.60. The smallest absolute Gasteiger partial charge is 0.299 e. The zero-order valence-corrected chi connectivity index (χ0v) is 11.4. The maximum absolute atomic E-state index is 12.7. The molecule has 0 saturated carbocycles. The molecule has 1 heterocycles. The Balaban J connectivity index is 2.07. The van der Waals surface area contributed by atoms with E-state index < -0.39 is 11.7 Å². The van der Waals surface area contributed by atoms with Crippen molar-refractivity contribution in [1.29, 1.82) is 0 Å². The highest BCUT2D eigenvalue weighted by Crippen LogP contribution is 2.30. The molecule has 1 aliphatic heterocycles. The Morgan fingerprint density at radius 1 is 1.16 bits per heavy atom. The van der Waals surface area contributed by atoms with E-state index in [9.17, 15) is 13.2 Å². The highest BCUT2D eigenvalue weighted by atomic mass is 19.4. The summed E-state index contributed by atoms with van der Waals surface area (Å²) in [6.45, 7) is 6.96. The lowest BCUT2D eigenvalue weighted by Crippen LogP contribution is -2.38. The molecule has 0 bridgehead atoms. The molecule has 0 aromatic heterocycles. The molecule has 2 unspecified atom stereocenters. The van der Waals surface area contributed by atoms with E-state index in [-0.39, 0.29) is 0 Å². The van der Waals surface area contributed by atoms with Crippen LogP contribution in [0, 0.1) is 11.8 Å². The lowest BCUT2D eigenvalue weighted by molar-refractivity contribution is -0.137. The van der Waals surface area contributed by atoms with Crippen LogP contribution >= 0.6 is 0 Å². The van der Waals surface area contributed by atoms with Crippen molar-refractivity contribution in [3.05, 3.63) is 35.4 Å². The average Bonchev–Trinajstić information content (AvgIpc) is 2.26. The van der Waals surface area contributed by atoms with Crippen LogP contribution in [0.5, 0.6) is 0 Å². The molecule has 19 heavy (non-hydrogen) atoms. The summed E-state index contributed by atoms with van der Waals surface area (Å²) in [6.07, 6.45) is -3.04. The minimum Gasteiger partial charge on any atom is -0.299 e. The number of halogens is 3.